The fourth-order valence-corrected chi connectivity index (χ4v) is 2.31. The number of nitriles is 1. The molecule has 2 atom stereocenters. The highest BCUT2D eigenvalue weighted by Gasteiger charge is 2.30. The summed E-state index contributed by atoms with van der Waals surface area (Å²) in [5.74, 6) is -0.840. The number of carbonyl (C=O) groups is 1. The first kappa shape index (κ1) is 13.7. The Kier molecular flexibility index (Phi) is 3.79. The van der Waals surface area contributed by atoms with Crippen molar-refractivity contribution in [1.29, 1.82) is 5.26 Å². The van der Waals surface area contributed by atoms with Crippen LogP contribution in [0.25, 0.3) is 0 Å². The van der Waals surface area contributed by atoms with Crippen molar-refractivity contribution in [3.63, 3.8) is 0 Å². The van der Waals surface area contributed by atoms with Crippen LogP contribution in [-0.4, -0.2) is 27.0 Å². The van der Waals surface area contributed by atoms with E-state index in [2.05, 4.69) is 10.3 Å². The molecule has 1 aromatic heterocycles. The fraction of sp³-hybridized carbons (Fsp3) is 0.417. The van der Waals surface area contributed by atoms with Gasteiger partial charge in [0.25, 0.3) is 0 Å². The van der Waals surface area contributed by atoms with Gasteiger partial charge in [-0.2, -0.15) is 5.26 Å². The van der Waals surface area contributed by atoms with E-state index in [9.17, 15) is 14.9 Å². The summed E-state index contributed by atoms with van der Waals surface area (Å²) in [6, 6.07) is 4.28. The van der Waals surface area contributed by atoms with Gasteiger partial charge < -0.3 is 10.4 Å². The summed E-state index contributed by atoms with van der Waals surface area (Å²) in [6.45, 7) is 0. The molecule has 8 nitrogen and oxygen atoms in total. The lowest BCUT2D eigenvalue weighted by Gasteiger charge is -2.12. The third-order valence-corrected chi connectivity index (χ3v) is 3.31. The van der Waals surface area contributed by atoms with Crippen molar-refractivity contribution in [2.45, 2.75) is 25.3 Å². The molecule has 1 aliphatic carbocycles. The monoisotopic (exact) mass is 276 g/mol. The van der Waals surface area contributed by atoms with Gasteiger partial charge in [-0.3, -0.25) is 14.9 Å². The number of nitrogens with one attached hydrogen (secondary N) is 1. The first-order valence-electron chi connectivity index (χ1n) is 6.06. The van der Waals surface area contributed by atoms with Gasteiger partial charge in [0.05, 0.1) is 10.8 Å². The van der Waals surface area contributed by atoms with Crippen LogP contribution in [0.15, 0.2) is 12.1 Å². The third kappa shape index (κ3) is 2.83. The molecule has 20 heavy (non-hydrogen) atoms. The predicted octanol–water partition coefficient (Wildman–Crippen LogP) is 1.53. The van der Waals surface area contributed by atoms with E-state index < -0.39 is 10.9 Å². The zero-order valence-corrected chi connectivity index (χ0v) is 10.4. The number of anilines is 1. The van der Waals surface area contributed by atoms with E-state index in [1.54, 1.807) is 6.07 Å². The highest BCUT2D eigenvalue weighted by Crippen LogP contribution is 2.28. The van der Waals surface area contributed by atoms with Crippen LogP contribution in [-0.2, 0) is 4.79 Å². The second kappa shape index (κ2) is 5.52. The summed E-state index contributed by atoms with van der Waals surface area (Å²) in [6.07, 6.45) is 1.76. The number of carboxylic acids is 1. The van der Waals surface area contributed by atoms with Crippen molar-refractivity contribution in [2.24, 2.45) is 5.92 Å². The van der Waals surface area contributed by atoms with Crippen LogP contribution in [0.5, 0.6) is 0 Å². The number of hydrogen-bond acceptors (Lipinski definition) is 6. The molecule has 0 bridgehead atoms. The summed E-state index contributed by atoms with van der Waals surface area (Å²) in [4.78, 5) is 24.8. The van der Waals surface area contributed by atoms with Crippen LogP contribution < -0.4 is 5.32 Å². The first-order valence-corrected chi connectivity index (χ1v) is 6.06. The van der Waals surface area contributed by atoms with E-state index in [1.165, 1.54) is 12.1 Å². The second-order valence-electron chi connectivity index (χ2n) is 4.62. The molecule has 8 heteroatoms. The second-order valence-corrected chi connectivity index (χ2v) is 4.62. The van der Waals surface area contributed by atoms with Crippen molar-refractivity contribution in [2.75, 3.05) is 5.32 Å². The molecule has 0 saturated heterocycles. The lowest BCUT2D eigenvalue weighted by Crippen LogP contribution is -2.18. The van der Waals surface area contributed by atoms with Crippen LogP contribution in [0.3, 0.4) is 0 Å². The quantitative estimate of drug-likeness (QED) is 0.629. The molecule has 2 rings (SSSR count). The molecule has 0 spiro atoms. The van der Waals surface area contributed by atoms with Gasteiger partial charge in [-0.15, -0.1) is 0 Å². The number of nitro groups is 1. The van der Waals surface area contributed by atoms with Gasteiger partial charge in [-0.05, 0) is 25.3 Å². The number of carboxylic acid groups (broad SMARTS) is 1. The van der Waals surface area contributed by atoms with E-state index in [0.29, 0.717) is 25.1 Å². The Morgan fingerprint density at radius 1 is 1.55 bits per heavy atom. The maximum Gasteiger partial charge on any atom is 0.306 e. The standard InChI is InChI=1S/C12H12N4O4/c13-6-9-10(16(19)20)3-4-11(15-9)14-8-2-1-7(5-8)12(17)18/h3-4,7-8H,1-2,5H2,(H,14,15)(H,17,18)/t7-,8+/m1/s1. The van der Waals surface area contributed by atoms with E-state index in [1.807, 2.05) is 0 Å². The topological polar surface area (TPSA) is 129 Å². The molecule has 1 aliphatic rings. The van der Waals surface area contributed by atoms with E-state index in [0.717, 1.165) is 0 Å². The van der Waals surface area contributed by atoms with E-state index in [-0.39, 0.29) is 23.3 Å². The van der Waals surface area contributed by atoms with E-state index >= 15 is 0 Å². The lowest BCUT2D eigenvalue weighted by atomic mass is 10.1. The van der Waals surface area contributed by atoms with Crippen molar-refractivity contribution in [1.82, 2.24) is 4.98 Å². The zero-order chi connectivity index (χ0) is 14.7. The zero-order valence-electron chi connectivity index (χ0n) is 10.4. The Labute approximate surface area is 114 Å². The Balaban J connectivity index is 2.10. The number of aromatic nitrogens is 1. The number of aliphatic carboxylic acids is 1. The molecule has 0 radical (unpaired) electrons. The van der Waals surface area contributed by atoms with Gasteiger partial charge >= 0.3 is 11.7 Å². The van der Waals surface area contributed by atoms with Gasteiger partial charge in [-0.1, -0.05) is 0 Å². The maximum atomic E-state index is 10.9. The molecule has 1 saturated carbocycles. The maximum absolute atomic E-state index is 10.9. The van der Waals surface area contributed by atoms with Crippen molar-refractivity contribution < 1.29 is 14.8 Å². The summed E-state index contributed by atoms with van der Waals surface area (Å²) < 4.78 is 0. The molecule has 1 aromatic rings. The number of nitrogens with zero attached hydrogens (tertiary/aromatic N) is 3. The van der Waals surface area contributed by atoms with Crippen molar-refractivity contribution >= 4 is 17.5 Å². The summed E-state index contributed by atoms with van der Waals surface area (Å²) >= 11 is 0. The van der Waals surface area contributed by atoms with Gasteiger partial charge in [0.15, 0.2) is 0 Å². The van der Waals surface area contributed by atoms with Gasteiger partial charge in [0.1, 0.15) is 11.9 Å². The first-order chi connectivity index (χ1) is 9.51. The van der Waals surface area contributed by atoms with E-state index in [4.69, 9.17) is 10.4 Å². The van der Waals surface area contributed by atoms with Crippen molar-refractivity contribution in [3.05, 3.63) is 27.9 Å². The van der Waals surface area contributed by atoms with Crippen LogP contribution in [0.2, 0.25) is 0 Å². The number of hydrogen-bond donors (Lipinski definition) is 2. The fourth-order valence-electron chi connectivity index (χ4n) is 2.31. The third-order valence-electron chi connectivity index (χ3n) is 3.31. The highest BCUT2D eigenvalue weighted by atomic mass is 16.6. The largest absolute Gasteiger partial charge is 0.481 e. The molecule has 0 aromatic carbocycles. The van der Waals surface area contributed by atoms with Crippen LogP contribution >= 0.6 is 0 Å². The van der Waals surface area contributed by atoms with Gasteiger partial charge in [-0.25, -0.2) is 4.98 Å². The summed E-state index contributed by atoms with van der Waals surface area (Å²) in [5.41, 5.74) is -0.597. The normalized spacial score (nSPS) is 21.1. The molecular formula is C12H12N4O4. The molecule has 1 fully saturated rings. The average Bonchev–Trinajstić information content (AvgIpc) is 2.87. The summed E-state index contributed by atoms with van der Waals surface area (Å²) in [5, 5.41) is 31.5. The number of pyridine rings is 1. The Bertz CT molecular complexity index is 596. The minimum Gasteiger partial charge on any atom is -0.481 e. The van der Waals surface area contributed by atoms with Gasteiger partial charge in [0, 0.05) is 12.1 Å². The highest BCUT2D eigenvalue weighted by molar-refractivity contribution is 5.70. The molecule has 104 valence electrons. The molecule has 1 heterocycles. The van der Waals surface area contributed by atoms with Crippen LogP contribution in [0, 0.1) is 27.4 Å². The number of rotatable bonds is 4. The summed E-state index contributed by atoms with van der Waals surface area (Å²) in [7, 11) is 0. The minimum atomic E-state index is -0.816. The average molecular weight is 276 g/mol. The SMILES string of the molecule is N#Cc1nc(N[C@H]2CC[C@@H](C(=O)O)C2)ccc1[N+](=O)[O-]. The minimum absolute atomic E-state index is 0.0448. The van der Waals surface area contributed by atoms with Crippen LogP contribution in [0.4, 0.5) is 11.5 Å². The lowest BCUT2D eigenvalue weighted by molar-refractivity contribution is -0.385. The Morgan fingerprint density at radius 3 is 2.85 bits per heavy atom. The molecule has 2 N–H and O–H groups in total. The van der Waals surface area contributed by atoms with Crippen LogP contribution in [0.1, 0.15) is 25.0 Å². The molecule has 0 amide bonds. The van der Waals surface area contributed by atoms with Gasteiger partial charge in [0.2, 0.25) is 5.69 Å². The van der Waals surface area contributed by atoms with Crippen molar-refractivity contribution in [3.8, 4) is 6.07 Å². The molecular weight excluding hydrogens is 264 g/mol. The molecule has 0 unspecified atom stereocenters. The Morgan fingerprint density at radius 2 is 2.30 bits per heavy atom. The smallest absolute Gasteiger partial charge is 0.306 e. The Hall–Kier alpha value is -2.69. The molecule has 0 aliphatic heterocycles. The predicted molar refractivity (Wildman–Crippen MR) is 68.0 cm³/mol.